The second-order valence-electron chi connectivity index (χ2n) is 3.98. The van der Waals surface area contributed by atoms with E-state index in [1.54, 1.807) is 20.3 Å². The molecule has 1 aromatic carbocycles. The lowest BCUT2D eigenvalue weighted by Crippen LogP contribution is -2.12. The third-order valence-electron chi connectivity index (χ3n) is 2.96. The molecule has 1 aromatic rings. The van der Waals surface area contributed by atoms with E-state index in [2.05, 4.69) is 13.8 Å². The predicted molar refractivity (Wildman–Crippen MR) is 71.4 cm³/mol. The average molecular weight is 258 g/mol. The molecule has 1 unspecified atom stereocenters. The average Bonchev–Trinajstić information content (AvgIpc) is 2.36. The zero-order chi connectivity index (χ0) is 13.0. The van der Waals surface area contributed by atoms with Crippen LogP contribution >= 0.6 is 11.6 Å². The van der Waals surface area contributed by atoms with Gasteiger partial charge in [0, 0.05) is 16.7 Å². The van der Waals surface area contributed by atoms with Crippen LogP contribution in [0.5, 0.6) is 11.5 Å². The van der Waals surface area contributed by atoms with Crippen LogP contribution in [0.1, 0.15) is 30.9 Å². The Morgan fingerprint density at radius 2 is 2.00 bits per heavy atom. The van der Waals surface area contributed by atoms with E-state index in [-0.39, 0.29) is 5.92 Å². The van der Waals surface area contributed by atoms with Crippen LogP contribution in [0.4, 0.5) is 0 Å². The Labute approximate surface area is 108 Å². The number of methoxy groups -OCH3 is 2. The summed E-state index contributed by atoms with van der Waals surface area (Å²) >= 11 is 6.30. The van der Waals surface area contributed by atoms with Gasteiger partial charge in [-0.05, 0) is 24.4 Å². The zero-order valence-corrected chi connectivity index (χ0v) is 11.6. The fourth-order valence-corrected chi connectivity index (χ4v) is 2.45. The van der Waals surface area contributed by atoms with Crippen LogP contribution in [-0.2, 0) is 6.42 Å². The summed E-state index contributed by atoms with van der Waals surface area (Å²) in [7, 11) is 3.25. The van der Waals surface area contributed by atoms with Crippen molar-refractivity contribution in [2.75, 3.05) is 20.8 Å². The van der Waals surface area contributed by atoms with Gasteiger partial charge in [-0.1, -0.05) is 25.4 Å². The molecule has 0 saturated heterocycles. The lowest BCUT2D eigenvalue weighted by Gasteiger charge is -2.21. The van der Waals surface area contributed by atoms with Gasteiger partial charge in [-0.2, -0.15) is 0 Å². The van der Waals surface area contributed by atoms with Gasteiger partial charge < -0.3 is 15.2 Å². The molecule has 2 N–H and O–H groups in total. The smallest absolute Gasteiger partial charge is 0.164 e. The number of rotatable bonds is 5. The van der Waals surface area contributed by atoms with Crippen molar-refractivity contribution in [1.82, 2.24) is 0 Å². The summed E-state index contributed by atoms with van der Waals surface area (Å²) in [6, 6.07) is 1.79. The molecule has 3 nitrogen and oxygen atoms in total. The molecule has 0 saturated carbocycles. The Kier molecular flexibility index (Phi) is 5.09. The van der Waals surface area contributed by atoms with Gasteiger partial charge in [0.15, 0.2) is 11.5 Å². The first-order valence-corrected chi connectivity index (χ1v) is 6.11. The van der Waals surface area contributed by atoms with E-state index in [1.165, 1.54) is 0 Å². The highest BCUT2D eigenvalue weighted by Crippen LogP contribution is 2.41. The monoisotopic (exact) mass is 257 g/mol. The van der Waals surface area contributed by atoms with E-state index in [0.29, 0.717) is 17.3 Å². The second-order valence-corrected chi connectivity index (χ2v) is 4.38. The van der Waals surface area contributed by atoms with Gasteiger partial charge in [-0.3, -0.25) is 0 Å². The van der Waals surface area contributed by atoms with Crippen molar-refractivity contribution < 1.29 is 9.47 Å². The summed E-state index contributed by atoms with van der Waals surface area (Å²) in [6.07, 6.45) is 0.833. The molecule has 17 heavy (non-hydrogen) atoms. The first-order valence-electron chi connectivity index (χ1n) is 5.73. The first-order chi connectivity index (χ1) is 8.10. The maximum Gasteiger partial charge on any atom is 0.164 e. The summed E-state index contributed by atoms with van der Waals surface area (Å²) < 4.78 is 10.7. The number of hydrogen-bond acceptors (Lipinski definition) is 3. The Balaban J connectivity index is 3.48. The third kappa shape index (κ3) is 2.67. The van der Waals surface area contributed by atoms with Crippen LogP contribution in [0.2, 0.25) is 5.02 Å². The van der Waals surface area contributed by atoms with Crippen molar-refractivity contribution in [3.63, 3.8) is 0 Å². The van der Waals surface area contributed by atoms with Crippen LogP contribution in [0, 0.1) is 0 Å². The number of nitrogens with two attached hydrogens (primary N) is 1. The molecule has 0 aromatic heterocycles. The van der Waals surface area contributed by atoms with E-state index >= 15 is 0 Å². The zero-order valence-electron chi connectivity index (χ0n) is 10.8. The van der Waals surface area contributed by atoms with Crippen LogP contribution in [0.25, 0.3) is 0 Å². The molecule has 0 heterocycles. The Morgan fingerprint density at radius 3 is 2.41 bits per heavy atom. The minimum atomic E-state index is 0.206. The molecule has 0 aliphatic rings. The largest absolute Gasteiger partial charge is 0.493 e. The van der Waals surface area contributed by atoms with Crippen LogP contribution in [-0.4, -0.2) is 20.8 Å². The molecule has 4 heteroatoms. The molecule has 1 rings (SSSR count). The maximum absolute atomic E-state index is 6.30. The van der Waals surface area contributed by atoms with E-state index in [9.17, 15) is 0 Å². The molecule has 0 radical (unpaired) electrons. The Morgan fingerprint density at radius 1 is 1.35 bits per heavy atom. The van der Waals surface area contributed by atoms with Crippen LogP contribution in [0.3, 0.4) is 0 Å². The van der Waals surface area contributed by atoms with Gasteiger partial charge in [0.05, 0.1) is 14.2 Å². The number of ether oxygens (including phenoxy) is 2. The molecule has 1 atom stereocenters. The molecular formula is C13H20ClNO2. The van der Waals surface area contributed by atoms with E-state index < -0.39 is 0 Å². The van der Waals surface area contributed by atoms with Gasteiger partial charge in [0.2, 0.25) is 0 Å². The van der Waals surface area contributed by atoms with Crippen LogP contribution in [0.15, 0.2) is 6.07 Å². The molecule has 0 amide bonds. The molecule has 96 valence electrons. The molecule has 0 aliphatic heterocycles. The normalized spacial score (nSPS) is 12.4. The van der Waals surface area contributed by atoms with Crippen molar-refractivity contribution in [2.24, 2.45) is 5.73 Å². The summed E-state index contributed by atoms with van der Waals surface area (Å²) in [6.45, 7) is 4.69. The summed E-state index contributed by atoms with van der Waals surface area (Å²) in [5.41, 5.74) is 7.87. The number of halogens is 1. The molecule has 0 bridgehead atoms. The molecular weight excluding hydrogens is 238 g/mol. The van der Waals surface area contributed by atoms with E-state index in [0.717, 1.165) is 23.3 Å². The first kappa shape index (κ1) is 14.1. The summed E-state index contributed by atoms with van der Waals surface area (Å²) in [5, 5.41) is 0.692. The molecule has 0 aliphatic carbocycles. The lowest BCUT2D eigenvalue weighted by molar-refractivity contribution is 0.351. The number of hydrogen-bond donors (Lipinski definition) is 1. The fraction of sp³-hybridized carbons (Fsp3) is 0.538. The summed E-state index contributed by atoms with van der Waals surface area (Å²) in [5.74, 6) is 1.63. The van der Waals surface area contributed by atoms with Gasteiger partial charge in [0.1, 0.15) is 0 Å². The van der Waals surface area contributed by atoms with Gasteiger partial charge >= 0.3 is 0 Å². The Hall–Kier alpha value is -0.930. The third-order valence-corrected chi connectivity index (χ3v) is 3.27. The maximum atomic E-state index is 6.30. The van der Waals surface area contributed by atoms with Crippen molar-refractivity contribution in [3.8, 4) is 11.5 Å². The predicted octanol–water partition coefficient (Wildman–Crippen LogP) is 2.98. The minimum Gasteiger partial charge on any atom is -0.493 e. The second kappa shape index (κ2) is 6.12. The Bertz CT molecular complexity index is 393. The van der Waals surface area contributed by atoms with Gasteiger partial charge in [-0.25, -0.2) is 0 Å². The molecule has 0 fully saturated rings. The molecule has 0 spiro atoms. The van der Waals surface area contributed by atoms with Crippen LogP contribution < -0.4 is 15.2 Å². The van der Waals surface area contributed by atoms with Gasteiger partial charge in [-0.15, -0.1) is 0 Å². The van der Waals surface area contributed by atoms with E-state index in [4.69, 9.17) is 26.8 Å². The fourth-order valence-electron chi connectivity index (χ4n) is 2.05. The van der Waals surface area contributed by atoms with E-state index in [1.807, 2.05) is 0 Å². The highest BCUT2D eigenvalue weighted by atomic mass is 35.5. The van der Waals surface area contributed by atoms with Crippen molar-refractivity contribution in [3.05, 3.63) is 22.2 Å². The van der Waals surface area contributed by atoms with Crippen molar-refractivity contribution in [2.45, 2.75) is 26.2 Å². The van der Waals surface area contributed by atoms with Crippen molar-refractivity contribution >= 4 is 11.6 Å². The topological polar surface area (TPSA) is 44.5 Å². The highest BCUT2D eigenvalue weighted by Gasteiger charge is 2.20. The SMILES string of the molecule is CCc1c(OC)c(OC)cc(Cl)c1C(C)CN. The highest BCUT2D eigenvalue weighted by molar-refractivity contribution is 6.31. The van der Waals surface area contributed by atoms with Crippen molar-refractivity contribution in [1.29, 1.82) is 0 Å². The summed E-state index contributed by atoms with van der Waals surface area (Å²) in [4.78, 5) is 0. The lowest BCUT2D eigenvalue weighted by atomic mass is 9.93. The standard InChI is InChI=1S/C13H20ClNO2/c1-5-9-12(8(2)7-15)10(14)6-11(16-3)13(9)17-4/h6,8H,5,7,15H2,1-4H3. The quantitative estimate of drug-likeness (QED) is 0.882. The minimum absolute atomic E-state index is 0.206. The number of benzene rings is 1. The van der Waals surface area contributed by atoms with Gasteiger partial charge in [0.25, 0.3) is 0 Å².